The van der Waals surface area contributed by atoms with Crippen molar-refractivity contribution >= 4 is 11.9 Å². The molecule has 0 aliphatic carbocycles. The molecule has 0 aromatic heterocycles. The third-order valence-corrected chi connectivity index (χ3v) is 3.92. The molecular weight excluding hydrogens is 306 g/mol. The molecule has 1 aromatic rings. The van der Waals surface area contributed by atoms with Gasteiger partial charge in [0.05, 0.1) is 0 Å². The Balaban J connectivity index is 1.69. The van der Waals surface area contributed by atoms with Gasteiger partial charge in [-0.2, -0.15) is 0 Å². The maximum atomic E-state index is 12.0. The van der Waals surface area contributed by atoms with Crippen molar-refractivity contribution < 1.29 is 14.3 Å². The highest BCUT2D eigenvalue weighted by atomic mass is 16.5. The molecule has 2 rings (SSSR count). The Hall–Kier alpha value is -2.24. The molecule has 1 aliphatic heterocycles. The molecule has 1 saturated heterocycles. The Kier molecular flexibility index (Phi) is 6.46. The van der Waals surface area contributed by atoms with Gasteiger partial charge >= 0.3 is 6.03 Å². The van der Waals surface area contributed by atoms with E-state index in [4.69, 9.17) is 4.74 Å². The van der Waals surface area contributed by atoms with Gasteiger partial charge in [0.15, 0.2) is 6.61 Å². The topological polar surface area (TPSA) is 70.7 Å². The summed E-state index contributed by atoms with van der Waals surface area (Å²) in [7, 11) is 0. The number of rotatable bonds is 5. The summed E-state index contributed by atoms with van der Waals surface area (Å²) < 4.78 is 5.51. The molecule has 3 amide bonds. The van der Waals surface area contributed by atoms with Crippen LogP contribution >= 0.6 is 0 Å². The van der Waals surface area contributed by atoms with Crippen molar-refractivity contribution in [1.29, 1.82) is 0 Å². The van der Waals surface area contributed by atoms with E-state index in [9.17, 15) is 9.59 Å². The fourth-order valence-corrected chi connectivity index (χ4v) is 2.69. The van der Waals surface area contributed by atoms with Crippen LogP contribution in [0.25, 0.3) is 0 Å². The number of urea groups is 1. The Morgan fingerprint density at radius 3 is 2.62 bits per heavy atom. The predicted molar refractivity (Wildman–Crippen MR) is 93.1 cm³/mol. The lowest BCUT2D eigenvalue weighted by molar-refractivity contribution is -0.124. The number of aryl methyl sites for hydroxylation is 1. The summed E-state index contributed by atoms with van der Waals surface area (Å²) >= 11 is 0. The van der Waals surface area contributed by atoms with Crippen LogP contribution in [0, 0.1) is 6.92 Å². The molecule has 1 aromatic carbocycles. The molecule has 1 fully saturated rings. The minimum Gasteiger partial charge on any atom is -0.484 e. The number of carbonyl (C=O) groups is 2. The van der Waals surface area contributed by atoms with Gasteiger partial charge in [-0.1, -0.05) is 12.1 Å². The molecule has 0 saturated carbocycles. The van der Waals surface area contributed by atoms with E-state index in [1.807, 2.05) is 45.0 Å². The second-order valence-corrected chi connectivity index (χ2v) is 6.54. The maximum absolute atomic E-state index is 12.0. The summed E-state index contributed by atoms with van der Waals surface area (Å²) in [5.41, 5.74) is 1.10. The first-order chi connectivity index (χ1) is 11.4. The smallest absolute Gasteiger partial charge is 0.317 e. The fourth-order valence-electron chi connectivity index (χ4n) is 2.69. The molecule has 0 atom stereocenters. The van der Waals surface area contributed by atoms with Crippen molar-refractivity contribution in [2.45, 2.75) is 45.7 Å². The van der Waals surface area contributed by atoms with Gasteiger partial charge in [-0.15, -0.1) is 0 Å². The average molecular weight is 333 g/mol. The average Bonchev–Trinajstić information content (AvgIpc) is 2.53. The summed E-state index contributed by atoms with van der Waals surface area (Å²) in [5, 5.41) is 5.87. The van der Waals surface area contributed by atoms with Gasteiger partial charge < -0.3 is 20.3 Å². The molecule has 24 heavy (non-hydrogen) atoms. The molecule has 6 heteroatoms. The number of hydrogen-bond donors (Lipinski definition) is 2. The Bertz CT molecular complexity index is 566. The largest absolute Gasteiger partial charge is 0.484 e. The van der Waals surface area contributed by atoms with Crippen molar-refractivity contribution in [3.8, 4) is 5.75 Å². The number of benzene rings is 1. The van der Waals surface area contributed by atoms with Crippen molar-refractivity contribution in [3.63, 3.8) is 0 Å². The number of ether oxygens (including phenoxy) is 1. The van der Waals surface area contributed by atoms with E-state index in [0.29, 0.717) is 18.8 Å². The van der Waals surface area contributed by atoms with E-state index < -0.39 is 0 Å². The molecule has 2 N–H and O–H groups in total. The molecule has 1 aliphatic rings. The van der Waals surface area contributed by atoms with Crippen LogP contribution in [0.5, 0.6) is 5.75 Å². The monoisotopic (exact) mass is 333 g/mol. The number of nitrogens with zero attached hydrogens (tertiary/aromatic N) is 1. The van der Waals surface area contributed by atoms with Gasteiger partial charge in [-0.3, -0.25) is 4.79 Å². The van der Waals surface area contributed by atoms with Crippen molar-refractivity contribution in [3.05, 3.63) is 29.8 Å². The minimum atomic E-state index is -0.124. The van der Waals surface area contributed by atoms with Crippen LogP contribution < -0.4 is 15.4 Å². The molecule has 1 heterocycles. The lowest BCUT2D eigenvalue weighted by Gasteiger charge is -2.32. The second kappa shape index (κ2) is 8.57. The van der Waals surface area contributed by atoms with Crippen LogP contribution in [0.2, 0.25) is 0 Å². The lowest BCUT2D eigenvalue weighted by atomic mass is 10.1. The molecule has 0 spiro atoms. The first kappa shape index (κ1) is 18.1. The summed E-state index contributed by atoms with van der Waals surface area (Å²) in [4.78, 5) is 25.7. The zero-order chi connectivity index (χ0) is 17.5. The number of piperidine rings is 1. The number of nitrogens with one attached hydrogen (secondary N) is 2. The van der Waals surface area contributed by atoms with E-state index >= 15 is 0 Å². The SMILES string of the molecule is Cc1cccc(OCC(=O)NC2CCN(C(=O)NC(C)C)CC2)c1. The molecule has 6 nitrogen and oxygen atoms in total. The maximum Gasteiger partial charge on any atom is 0.317 e. The van der Waals surface area contributed by atoms with Gasteiger partial charge in [0, 0.05) is 25.2 Å². The van der Waals surface area contributed by atoms with Crippen LogP contribution in [0.1, 0.15) is 32.3 Å². The van der Waals surface area contributed by atoms with E-state index in [0.717, 1.165) is 18.4 Å². The highest BCUT2D eigenvalue weighted by Crippen LogP contribution is 2.13. The van der Waals surface area contributed by atoms with E-state index in [1.54, 1.807) is 4.90 Å². The normalized spacial score (nSPS) is 15.2. The third-order valence-electron chi connectivity index (χ3n) is 3.92. The number of amides is 3. The van der Waals surface area contributed by atoms with E-state index in [2.05, 4.69) is 10.6 Å². The fraction of sp³-hybridized carbons (Fsp3) is 0.556. The molecular formula is C18H27N3O3. The number of likely N-dealkylation sites (tertiary alicyclic amines) is 1. The number of carbonyl (C=O) groups excluding carboxylic acids is 2. The van der Waals surface area contributed by atoms with E-state index in [-0.39, 0.29) is 30.6 Å². The van der Waals surface area contributed by atoms with Gasteiger partial charge in [0.1, 0.15) is 5.75 Å². The first-order valence-electron chi connectivity index (χ1n) is 8.48. The highest BCUT2D eigenvalue weighted by molar-refractivity contribution is 5.78. The predicted octanol–water partition coefficient (Wildman–Crippen LogP) is 2.07. The molecule has 0 bridgehead atoms. The Morgan fingerprint density at radius 2 is 2.00 bits per heavy atom. The summed E-state index contributed by atoms with van der Waals surface area (Å²) in [6.07, 6.45) is 1.53. The zero-order valence-electron chi connectivity index (χ0n) is 14.7. The van der Waals surface area contributed by atoms with E-state index in [1.165, 1.54) is 0 Å². The Morgan fingerprint density at radius 1 is 1.29 bits per heavy atom. The summed E-state index contributed by atoms with van der Waals surface area (Å²) in [6.45, 7) is 7.19. The zero-order valence-corrected chi connectivity index (χ0v) is 14.7. The standard InChI is InChI=1S/C18H27N3O3/c1-13(2)19-18(23)21-9-7-15(8-10-21)20-17(22)12-24-16-6-4-5-14(3)11-16/h4-6,11,13,15H,7-10,12H2,1-3H3,(H,19,23)(H,20,22). The van der Waals surface area contributed by atoms with Gasteiger partial charge in [0.25, 0.3) is 5.91 Å². The van der Waals surface area contributed by atoms with Crippen molar-refractivity contribution in [2.75, 3.05) is 19.7 Å². The van der Waals surface area contributed by atoms with Crippen molar-refractivity contribution in [1.82, 2.24) is 15.5 Å². The van der Waals surface area contributed by atoms with Crippen LogP contribution in [0.4, 0.5) is 4.79 Å². The van der Waals surface area contributed by atoms with Crippen LogP contribution in [0.15, 0.2) is 24.3 Å². The first-order valence-corrected chi connectivity index (χ1v) is 8.48. The van der Waals surface area contributed by atoms with Crippen LogP contribution in [-0.4, -0.2) is 48.6 Å². The Labute approximate surface area is 143 Å². The van der Waals surface area contributed by atoms with Crippen LogP contribution in [0.3, 0.4) is 0 Å². The molecule has 0 radical (unpaired) electrons. The van der Waals surface area contributed by atoms with Gasteiger partial charge in [0.2, 0.25) is 0 Å². The molecule has 132 valence electrons. The van der Waals surface area contributed by atoms with Crippen LogP contribution in [-0.2, 0) is 4.79 Å². The lowest BCUT2D eigenvalue weighted by Crippen LogP contribution is -2.51. The molecule has 0 unspecified atom stereocenters. The highest BCUT2D eigenvalue weighted by Gasteiger charge is 2.24. The van der Waals surface area contributed by atoms with Gasteiger partial charge in [-0.05, 0) is 51.3 Å². The second-order valence-electron chi connectivity index (χ2n) is 6.54. The minimum absolute atomic E-state index is 0.0114. The summed E-state index contributed by atoms with van der Waals surface area (Å²) in [6, 6.07) is 7.83. The third kappa shape index (κ3) is 5.76. The number of hydrogen-bond acceptors (Lipinski definition) is 3. The van der Waals surface area contributed by atoms with Gasteiger partial charge in [-0.25, -0.2) is 4.79 Å². The van der Waals surface area contributed by atoms with Crippen molar-refractivity contribution in [2.24, 2.45) is 0 Å². The summed E-state index contributed by atoms with van der Waals surface area (Å²) in [5.74, 6) is 0.576. The quantitative estimate of drug-likeness (QED) is 0.866.